The molecular formula is C9H15ClN2S. The summed E-state index contributed by atoms with van der Waals surface area (Å²) in [5.74, 6) is 0. The fourth-order valence-corrected chi connectivity index (χ4v) is 1.65. The Hall–Kier alpha value is -0.280. The summed E-state index contributed by atoms with van der Waals surface area (Å²) in [7, 11) is 0. The van der Waals surface area contributed by atoms with Gasteiger partial charge in [-0.2, -0.15) is 0 Å². The predicted molar refractivity (Wildman–Crippen MR) is 59.7 cm³/mol. The van der Waals surface area contributed by atoms with Crippen LogP contribution in [0.2, 0.25) is 5.15 Å². The maximum Gasteiger partial charge on any atom is 0.184 e. The fourth-order valence-electron chi connectivity index (χ4n) is 0.722. The molecule has 1 aromatic rings. The van der Waals surface area contributed by atoms with Crippen molar-refractivity contribution in [3.05, 3.63) is 10.5 Å². The van der Waals surface area contributed by atoms with E-state index in [-0.39, 0.29) is 5.41 Å². The third-order valence-corrected chi connectivity index (χ3v) is 3.21. The van der Waals surface area contributed by atoms with Gasteiger partial charge in [-0.1, -0.05) is 32.4 Å². The zero-order chi connectivity index (χ0) is 10.1. The Kier molecular flexibility index (Phi) is 3.19. The Balaban J connectivity index is 2.60. The van der Waals surface area contributed by atoms with E-state index in [2.05, 4.69) is 38.0 Å². The van der Waals surface area contributed by atoms with Crippen molar-refractivity contribution >= 4 is 28.1 Å². The van der Waals surface area contributed by atoms with Gasteiger partial charge in [-0.25, -0.2) is 4.98 Å². The summed E-state index contributed by atoms with van der Waals surface area (Å²) in [6.45, 7) is 8.73. The van der Waals surface area contributed by atoms with Gasteiger partial charge in [0.25, 0.3) is 0 Å². The second kappa shape index (κ2) is 3.84. The molecule has 13 heavy (non-hydrogen) atoms. The minimum Gasteiger partial charge on any atom is -0.358 e. The van der Waals surface area contributed by atoms with Crippen LogP contribution in [0.15, 0.2) is 5.38 Å². The van der Waals surface area contributed by atoms with Gasteiger partial charge in [0.1, 0.15) is 5.15 Å². The van der Waals surface area contributed by atoms with Gasteiger partial charge in [0.15, 0.2) is 5.13 Å². The van der Waals surface area contributed by atoms with Gasteiger partial charge in [-0.05, 0) is 12.3 Å². The van der Waals surface area contributed by atoms with E-state index in [1.54, 1.807) is 0 Å². The summed E-state index contributed by atoms with van der Waals surface area (Å²) in [4.78, 5) is 4.14. The molecule has 1 aromatic heterocycles. The third kappa shape index (κ3) is 3.16. The van der Waals surface area contributed by atoms with Crippen molar-refractivity contribution in [1.29, 1.82) is 0 Å². The third-order valence-electron chi connectivity index (χ3n) is 2.12. The average Bonchev–Trinajstić information content (AvgIpc) is 2.33. The molecule has 0 aliphatic rings. The lowest BCUT2D eigenvalue weighted by Crippen LogP contribution is -2.30. The number of nitrogens with zero attached hydrogens (tertiary/aromatic N) is 1. The van der Waals surface area contributed by atoms with E-state index >= 15 is 0 Å². The number of hydrogen-bond donors (Lipinski definition) is 1. The highest BCUT2D eigenvalue weighted by Gasteiger charge is 2.20. The van der Waals surface area contributed by atoms with Crippen LogP contribution in [0.1, 0.15) is 27.7 Å². The maximum absolute atomic E-state index is 5.72. The largest absolute Gasteiger partial charge is 0.358 e. The second-order valence-electron chi connectivity index (χ2n) is 4.21. The molecule has 0 saturated heterocycles. The van der Waals surface area contributed by atoms with Crippen molar-refractivity contribution in [2.45, 2.75) is 33.7 Å². The van der Waals surface area contributed by atoms with Gasteiger partial charge in [0.2, 0.25) is 0 Å². The Bertz CT molecular complexity index is 277. The van der Waals surface area contributed by atoms with Gasteiger partial charge in [-0.3, -0.25) is 0 Å². The van der Waals surface area contributed by atoms with E-state index < -0.39 is 0 Å². The molecule has 2 nitrogen and oxygen atoms in total. The van der Waals surface area contributed by atoms with Crippen molar-refractivity contribution in [2.24, 2.45) is 5.41 Å². The molecule has 74 valence electrons. The Morgan fingerprint density at radius 3 is 2.54 bits per heavy atom. The molecule has 1 atom stereocenters. The number of hydrogen-bond acceptors (Lipinski definition) is 3. The molecule has 1 unspecified atom stereocenters. The summed E-state index contributed by atoms with van der Waals surface area (Å²) in [5.41, 5.74) is 0.234. The number of thiazole rings is 1. The smallest absolute Gasteiger partial charge is 0.184 e. The molecule has 0 aromatic carbocycles. The SMILES string of the molecule is CC(Nc1nc(Cl)cs1)C(C)(C)C. The predicted octanol–water partition coefficient (Wildman–Crippen LogP) is 3.64. The van der Waals surface area contributed by atoms with Crippen LogP contribution in [0.5, 0.6) is 0 Å². The highest BCUT2D eigenvalue weighted by Crippen LogP contribution is 2.25. The topological polar surface area (TPSA) is 24.9 Å². The van der Waals surface area contributed by atoms with Crippen LogP contribution in [0, 0.1) is 5.41 Å². The minimum absolute atomic E-state index is 0.234. The molecule has 0 aliphatic heterocycles. The first-order valence-electron chi connectivity index (χ1n) is 4.27. The zero-order valence-corrected chi connectivity index (χ0v) is 9.96. The van der Waals surface area contributed by atoms with Gasteiger partial charge in [-0.15, -0.1) is 11.3 Å². The molecule has 1 N–H and O–H groups in total. The summed E-state index contributed by atoms with van der Waals surface area (Å²) < 4.78 is 0. The number of aromatic nitrogens is 1. The summed E-state index contributed by atoms with van der Waals surface area (Å²) in [6, 6.07) is 0.384. The first kappa shape index (κ1) is 10.8. The van der Waals surface area contributed by atoms with E-state index in [4.69, 9.17) is 11.6 Å². The van der Waals surface area contributed by atoms with E-state index in [1.165, 1.54) is 11.3 Å². The molecule has 0 radical (unpaired) electrons. The first-order chi connectivity index (χ1) is 5.89. The Morgan fingerprint density at radius 1 is 1.54 bits per heavy atom. The van der Waals surface area contributed by atoms with Crippen molar-refractivity contribution in [3.63, 3.8) is 0 Å². The fraction of sp³-hybridized carbons (Fsp3) is 0.667. The molecule has 0 bridgehead atoms. The lowest BCUT2D eigenvalue weighted by molar-refractivity contribution is 0.359. The average molecular weight is 219 g/mol. The molecular weight excluding hydrogens is 204 g/mol. The van der Waals surface area contributed by atoms with Crippen LogP contribution in [0.3, 0.4) is 0 Å². The van der Waals surface area contributed by atoms with Crippen LogP contribution < -0.4 is 5.32 Å². The molecule has 0 aliphatic carbocycles. The summed E-state index contributed by atoms with van der Waals surface area (Å²) >= 11 is 7.26. The first-order valence-corrected chi connectivity index (χ1v) is 5.53. The lowest BCUT2D eigenvalue weighted by atomic mass is 9.88. The van der Waals surface area contributed by atoms with E-state index in [9.17, 15) is 0 Å². The van der Waals surface area contributed by atoms with Crippen molar-refractivity contribution in [1.82, 2.24) is 4.98 Å². The van der Waals surface area contributed by atoms with E-state index in [0.717, 1.165) is 5.13 Å². The Labute approximate surface area is 88.3 Å². The lowest BCUT2D eigenvalue weighted by Gasteiger charge is -2.27. The normalized spacial score (nSPS) is 14.2. The Morgan fingerprint density at radius 2 is 2.15 bits per heavy atom. The van der Waals surface area contributed by atoms with Crippen LogP contribution in [0.25, 0.3) is 0 Å². The van der Waals surface area contributed by atoms with Gasteiger partial charge < -0.3 is 5.32 Å². The summed E-state index contributed by atoms with van der Waals surface area (Å²) in [6.07, 6.45) is 0. The standard InChI is InChI=1S/C9H15ClN2S/c1-6(9(2,3)4)11-8-12-7(10)5-13-8/h5-6H,1-4H3,(H,11,12). The van der Waals surface area contributed by atoms with Crippen LogP contribution >= 0.6 is 22.9 Å². The minimum atomic E-state index is 0.234. The zero-order valence-electron chi connectivity index (χ0n) is 8.39. The van der Waals surface area contributed by atoms with Crippen molar-refractivity contribution in [2.75, 3.05) is 5.32 Å². The van der Waals surface area contributed by atoms with Crippen molar-refractivity contribution < 1.29 is 0 Å². The van der Waals surface area contributed by atoms with Crippen LogP contribution in [0.4, 0.5) is 5.13 Å². The van der Waals surface area contributed by atoms with Crippen LogP contribution in [-0.2, 0) is 0 Å². The van der Waals surface area contributed by atoms with Crippen molar-refractivity contribution in [3.8, 4) is 0 Å². The van der Waals surface area contributed by atoms with E-state index in [1.807, 2.05) is 5.38 Å². The highest BCUT2D eigenvalue weighted by molar-refractivity contribution is 7.14. The van der Waals surface area contributed by atoms with Gasteiger partial charge in [0, 0.05) is 11.4 Å². The number of rotatable bonds is 2. The summed E-state index contributed by atoms with van der Waals surface area (Å²) in [5, 5.41) is 6.62. The molecule has 1 heterocycles. The maximum atomic E-state index is 5.72. The number of nitrogens with one attached hydrogen (secondary N) is 1. The molecule has 0 fully saturated rings. The van der Waals surface area contributed by atoms with Gasteiger partial charge >= 0.3 is 0 Å². The van der Waals surface area contributed by atoms with Crippen LogP contribution in [-0.4, -0.2) is 11.0 Å². The number of anilines is 1. The highest BCUT2D eigenvalue weighted by atomic mass is 35.5. The van der Waals surface area contributed by atoms with E-state index in [0.29, 0.717) is 11.2 Å². The monoisotopic (exact) mass is 218 g/mol. The number of halogens is 1. The quantitative estimate of drug-likeness (QED) is 0.820. The molecule has 4 heteroatoms. The second-order valence-corrected chi connectivity index (χ2v) is 5.45. The molecule has 0 saturated carbocycles. The molecule has 1 rings (SSSR count). The molecule has 0 amide bonds. The molecule has 0 spiro atoms. The van der Waals surface area contributed by atoms with Gasteiger partial charge in [0.05, 0.1) is 0 Å².